The van der Waals surface area contributed by atoms with Gasteiger partial charge in [0.15, 0.2) is 0 Å². The van der Waals surface area contributed by atoms with Crippen LogP contribution in [0.1, 0.15) is 50.0 Å². The highest BCUT2D eigenvalue weighted by molar-refractivity contribution is 5.66. The molecule has 0 saturated carbocycles. The Morgan fingerprint density at radius 3 is 2.70 bits per heavy atom. The average Bonchev–Trinajstić information content (AvgIpc) is 3.33. The molecule has 1 heterocycles. The molecule has 0 aliphatic rings. The number of rotatable bonds is 12. The van der Waals surface area contributed by atoms with E-state index < -0.39 is 6.10 Å². The van der Waals surface area contributed by atoms with E-state index in [9.17, 15) is 9.90 Å². The molecule has 0 saturated heterocycles. The number of hydrogen-bond acceptors (Lipinski definition) is 6. The van der Waals surface area contributed by atoms with Gasteiger partial charge in [0.2, 0.25) is 6.33 Å². The number of aliphatic hydroxyl groups excluding tert-OH is 1. The second-order valence-corrected chi connectivity index (χ2v) is 8.69. The zero-order chi connectivity index (χ0) is 23.7. The van der Waals surface area contributed by atoms with Gasteiger partial charge in [-0.2, -0.15) is 0 Å². The van der Waals surface area contributed by atoms with Crippen molar-refractivity contribution in [1.82, 2.24) is 15.5 Å². The Labute approximate surface area is 194 Å². The first-order valence-corrected chi connectivity index (χ1v) is 11.1. The van der Waals surface area contributed by atoms with Crippen LogP contribution in [-0.2, 0) is 29.3 Å². The number of ether oxygens (including phenoxy) is 2. The van der Waals surface area contributed by atoms with Crippen molar-refractivity contribution in [3.63, 3.8) is 0 Å². The van der Waals surface area contributed by atoms with Crippen molar-refractivity contribution in [3.05, 3.63) is 77.9 Å². The Hall–Kier alpha value is -3.23. The van der Waals surface area contributed by atoms with Crippen LogP contribution in [0.2, 0.25) is 0 Å². The van der Waals surface area contributed by atoms with Gasteiger partial charge in [0.1, 0.15) is 19.0 Å². The summed E-state index contributed by atoms with van der Waals surface area (Å²) in [5.74, 6) is 0.260. The van der Waals surface area contributed by atoms with Gasteiger partial charge in [-0.05, 0) is 43.5 Å². The molecule has 0 aliphatic heterocycles. The van der Waals surface area contributed by atoms with Crippen LogP contribution in [0.4, 0.5) is 0 Å². The highest BCUT2D eigenvalue weighted by atomic mass is 16.5. The Morgan fingerprint density at radius 2 is 2.00 bits per heavy atom. The third-order valence-electron chi connectivity index (χ3n) is 5.41. The Kier molecular flexibility index (Phi) is 8.57. The van der Waals surface area contributed by atoms with Crippen LogP contribution in [-0.4, -0.2) is 33.4 Å². The van der Waals surface area contributed by atoms with E-state index in [-0.39, 0.29) is 18.1 Å². The van der Waals surface area contributed by atoms with Gasteiger partial charge in [-0.3, -0.25) is 4.79 Å². The molecule has 1 atom stereocenters. The molecule has 0 fully saturated rings. The van der Waals surface area contributed by atoms with Crippen molar-refractivity contribution in [1.29, 1.82) is 0 Å². The number of esters is 1. The fourth-order valence-corrected chi connectivity index (χ4v) is 3.33. The monoisotopic (exact) mass is 453 g/mol. The number of aromatic nitrogens is 3. The second kappa shape index (κ2) is 11.6. The largest absolute Gasteiger partial charge is 0.488 e. The lowest BCUT2D eigenvalue weighted by Crippen LogP contribution is -2.45. The third kappa shape index (κ3) is 8.00. The summed E-state index contributed by atoms with van der Waals surface area (Å²) in [5.41, 5.74) is 2.31. The minimum Gasteiger partial charge on any atom is -0.488 e. The normalized spacial score (nSPS) is 12.4. The summed E-state index contributed by atoms with van der Waals surface area (Å²) in [6.45, 7) is 7.27. The molecule has 176 valence electrons. The number of aliphatic hydroxyl groups is 1. The molecule has 0 radical (unpaired) electrons. The zero-order valence-corrected chi connectivity index (χ0v) is 19.5. The first kappa shape index (κ1) is 24.4. The molecule has 3 rings (SSSR count). The molecule has 3 aromatic rings. The van der Waals surface area contributed by atoms with Crippen LogP contribution < -0.4 is 14.6 Å². The van der Waals surface area contributed by atoms with Crippen molar-refractivity contribution in [3.8, 4) is 5.75 Å². The first-order chi connectivity index (χ1) is 15.8. The molecule has 0 amide bonds. The highest BCUT2D eigenvalue weighted by Crippen LogP contribution is 2.26. The van der Waals surface area contributed by atoms with Crippen molar-refractivity contribution in [2.75, 3.05) is 6.54 Å². The minimum atomic E-state index is -0.717. The van der Waals surface area contributed by atoms with Crippen LogP contribution in [0, 0.1) is 0 Å². The van der Waals surface area contributed by atoms with Crippen molar-refractivity contribution < 1.29 is 23.9 Å². The van der Waals surface area contributed by atoms with E-state index in [0.717, 1.165) is 24.1 Å². The number of carbonyl (C=O) groups is 1. The molecule has 1 aromatic heterocycles. The molecular weight excluding hydrogens is 420 g/mol. The number of nitrogens with one attached hydrogen (secondary N) is 2. The minimum absolute atomic E-state index is 0.0842. The van der Waals surface area contributed by atoms with Crippen LogP contribution >= 0.6 is 0 Å². The highest BCUT2D eigenvalue weighted by Gasteiger charge is 2.21. The summed E-state index contributed by atoms with van der Waals surface area (Å²) in [7, 11) is 0. The quantitative estimate of drug-likeness (QED) is 0.288. The number of benzene rings is 2. The maximum Gasteiger partial charge on any atom is 0.302 e. The van der Waals surface area contributed by atoms with Crippen molar-refractivity contribution >= 4 is 5.97 Å². The molecule has 2 aromatic carbocycles. The molecule has 1 unspecified atom stereocenters. The summed E-state index contributed by atoms with van der Waals surface area (Å²) in [6.07, 6.45) is 3.71. The predicted molar refractivity (Wildman–Crippen MR) is 123 cm³/mol. The van der Waals surface area contributed by atoms with E-state index in [0.29, 0.717) is 24.5 Å². The van der Waals surface area contributed by atoms with E-state index in [2.05, 4.69) is 29.4 Å². The summed E-state index contributed by atoms with van der Waals surface area (Å²) in [4.78, 5) is 11.4. The lowest BCUT2D eigenvalue weighted by Gasteiger charge is -2.27. The molecule has 8 nitrogen and oxygen atoms in total. The maximum absolute atomic E-state index is 11.4. The van der Waals surface area contributed by atoms with Crippen molar-refractivity contribution in [2.45, 2.75) is 58.6 Å². The maximum atomic E-state index is 11.4. The van der Waals surface area contributed by atoms with E-state index in [1.54, 1.807) is 6.33 Å². The summed E-state index contributed by atoms with van der Waals surface area (Å²) in [6, 6.07) is 15.4. The number of aromatic amines is 1. The van der Waals surface area contributed by atoms with E-state index in [4.69, 9.17) is 9.47 Å². The Balaban J connectivity index is 1.62. The lowest BCUT2D eigenvalue weighted by molar-refractivity contribution is -0.698. The van der Waals surface area contributed by atoms with Crippen molar-refractivity contribution in [2.24, 2.45) is 0 Å². The fourth-order valence-electron chi connectivity index (χ4n) is 3.33. The molecule has 0 bridgehead atoms. The van der Waals surface area contributed by atoms with Gasteiger partial charge in [0, 0.05) is 29.7 Å². The van der Waals surface area contributed by atoms with E-state index >= 15 is 0 Å². The number of hydrogen-bond donors (Lipinski definition) is 3. The number of nitrogens with zero attached hydrogens (tertiary/aromatic N) is 2. The van der Waals surface area contributed by atoms with Gasteiger partial charge in [-0.1, -0.05) is 36.4 Å². The number of H-pyrrole nitrogens is 1. The predicted octanol–water partition coefficient (Wildman–Crippen LogP) is 2.83. The van der Waals surface area contributed by atoms with Crippen LogP contribution in [0.5, 0.6) is 5.75 Å². The van der Waals surface area contributed by atoms with Gasteiger partial charge < -0.3 is 19.9 Å². The third-order valence-corrected chi connectivity index (χ3v) is 5.41. The van der Waals surface area contributed by atoms with Gasteiger partial charge in [0.25, 0.3) is 6.33 Å². The molecule has 0 spiro atoms. The van der Waals surface area contributed by atoms with Gasteiger partial charge in [-0.15, -0.1) is 5.10 Å². The van der Waals surface area contributed by atoms with Gasteiger partial charge in [-0.25, -0.2) is 4.57 Å². The van der Waals surface area contributed by atoms with Crippen LogP contribution in [0.25, 0.3) is 0 Å². The van der Waals surface area contributed by atoms with E-state index in [1.807, 2.05) is 59.4 Å². The van der Waals surface area contributed by atoms with Gasteiger partial charge >= 0.3 is 5.97 Å². The van der Waals surface area contributed by atoms with Crippen LogP contribution in [0.3, 0.4) is 0 Å². The smallest absolute Gasteiger partial charge is 0.302 e. The molecular formula is C25H33N4O4+. The SMILES string of the molecule is CC(=O)OCc1cc(C(O)CNC(C)(C)CC[n+]2cn[nH]c2)ccc1OCc1ccccc1. The standard InChI is InChI=1S/C25H32N4O4/c1-19(30)32-16-22-13-21(9-10-24(22)33-15-20-7-5-4-6-8-20)23(31)14-26-25(2,3)11-12-29-17-27-28-18-29/h4-10,13,17-18,23,26,31H,11-12,14-16H2,1-3H3/p+1. The number of aryl methyl sites for hydroxylation is 1. The number of β-amino-alcohol motifs (C(OH)–C–C–N with tert-alkyl or cyclic N) is 1. The Morgan fingerprint density at radius 1 is 1.21 bits per heavy atom. The fraction of sp³-hybridized carbons (Fsp3) is 0.400. The topological polar surface area (TPSA) is 100 Å². The molecule has 8 heteroatoms. The average molecular weight is 454 g/mol. The molecule has 0 aliphatic carbocycles. The second-order valence-electron chi connectivity index (χ2n) is 8.69. The van der Waals surface area contributed by atoms with Crippen LogP contribution in [0.15, 0.2) is 61.2 Å². The number of carbonyl (C=O) groups excluding carboxylic acids is 1. The first-order valence-electron chi connectivity index (χ1n) is 11.1. The summed E-state index contributed by atoms with van der Waals surface area (Å²) < 4.78 is 13.2. The Bertz CT molecular complexity index is 1010. The zero-order valence-electron chi connectivity index (χ0n) is 19.5. The van der Waals surface area contributed by atoms with Gasteiger partial charge in [0.05, 0.1) is 12.6 Å². The molecule has 33 heavy (non-hydrogen) atoms. The lowest BCUT2D eigenvalue weighted by atomic mass is 9.99. The molecule has 3 N–H and O–H groups in total. The summed E-state index contributed by atoms with van der Waals surface area (Å²) >= 11 is 0. The summed E-state index contributed by atoms with van der Waals surface area (Å²) in [5, 5.41) is 21.0. The van der Waals surface area contributed by atoms with E-state index in [1.165, 1.54) is 6.92 Å².